The number of aliphatic imine (C=N–C) groups is 1. The number of anilines is 1. The van der Waals surface area contributed by atoms with Gasteiger partial charge in [-0.1, -0.05) is 61.7 Å². The van der Waals surface area contributed by atoms with Gasteiger partial charge in [-0.05, 0) is 34.0 Å². The van der Waals surface area contributed by atoms with Crippen molar-refractivity contribution in [2.75, 3.05) is 11.9 Å². The SMILES string of the molecule is CCC(CC)C1CN=C(Nc2ccc(Br)c(Cl)c2Cl)S1. The second-order valence-corrected chi connectivity index (χ2v) is 7.56. The normalized spacial score (nSPS) is 18.5. The Balaban J connectivity index is 2.04. The maximum absolute atomic E-state index is 6.24. The summed E-state index contributed by atoms with van der Waals surface area (Å²) in [6.07, 6.45) is 2.39. The van der Waals surface area contributed by atoms with Crippen molar-refractivity contribution in [2.45, 2.75) is 31.9 Å². The Bertz CT molecular complexity index is 518. The van der Waals surface area contributed by atoms with Gasteiger partial charge in [-0.3, -0.25) is 4.99 Å². The van der Waals surface area contributed by atoms with Gasteiger partial charge in [0.15, 0.2) is 5.17 Å². The third kappa shape index (κ3) is 3.65. The number of halogens is 3. The van der Waals surface area contributed by atoms with Gasteiger partial charge in [0.1, 0.15) is 0 Å². The molecule has 1 unspecified atom stereocenters. The zero-order chi connectivity index (χ0) is 14.7. The Kier molecular flexibility index (Phi) is 6.09. The van der Waals surface area contributed by atoms with Crippen LogP contribution in [0.1, 0.15) is 26.7 Å². The van der Waals surface area contributed by atoms with Crippen LogP contribution in [0.3, 0.4) is 0 Å². The van der Waals surface area contributed by atoms with Gasteiger partial charge < -0.3 is 5.32 Å². The summed E-state index contributed by atoms with van der Waals surface area (Å²) in [7, 11) is 0. The van der Waals surface area contributed by atoms with Crippen LogP contribution in [0.15, 0.2) is 21.6 Å². The van der Waals surface area contributed by atoms with E-state index in [2.05, 4.69) is 40.1 Å². The highest BCUT2D eigenvalue weighted by Gasteiger charge is 2.26. The molecule has 2 nitrogen and oxygen atoms in total. The van der Waals surface area contributed by atoms with E-state index in [1.54, 1.807) is 11.8 Å². The molecule has 2 rings (SSSR count). The molecule has 0 radical (unpaired) electrons. The minimum atomic E-state index is 0.523. The van der Waals surface area contributed by atoms with E-state index < -0.39 is 0 Å². The van der Waals surface area contributed by atoms with Crippen molar-refractivity contribution in [3.05, 3.63) is 26.7 Å². The molecule has 1 aromatic carbocycles. The third-order valence-electron chi connectivity index (χ3n) is 3.53. The quantitative estimate of drug-likeness (QED) is 0.625. The van der Waals surface area contributed by atoms with Gasteiger partial charge in [0.2, 0.25) is 0 Å². The second kappa shape index (κ2) is 7.39. The van der Waals surface area contributed by atoms with E-state index >= 15 is 0 Å². The van der Waals surface area contributed by atoms with Crippen LogP contribution in [0.25, 0.3) is 0 Å². The second-order valence-electron chi connectivity index (χ2n) is 4.73. The van der Waals surface area contributed by atoms with Crippen molar-refractivity contribution in [3.63, 3.8) is 0 Å². The molecule has 0 saturated heterocycles. The summed E-state index contributed by atoms with van der Waals surface area (Å²) in [4.78, 5) is 4.58. The predicted octanol–water partition coefficient (Wildman–Crippen LogP) is 6.08. The average Bonchev–Trinajstić information content (AvgIpc) is 2.89. The van der Waals surface area contributed by atoms with Gasteiger partial charge in [-0.2, -0.15) is 0 Å². The van der Waals surface area contributed by atoms with E-state index in [1.807, 2.05) is 12.1 Å². The number of amidine groups is 1. The number of hydrogen-bond acceptors (Lipinski definition) is 3. The number of rotatable bonds is 4. The van der Waals surface area contributed by atoms with Crippen molar-refractivity contribution in [3.8, 4) is 0 Å². The third-order valence-corrected chi connectivity index (χ3v) is 6.59. The number of nitrogens with one attached hydrogen (secondary N) is 1. The highest BCUT2D eigenvalue weighted by atomic mass is 79.9. The summed E-state index contributed by atoms with van der Waals surface area (Å²) in [5, 5.41) is 5.83. The number of benzene rings is 1. The van der Waals surface area contributed by atoms with E-state index in [-0.39, 0.29) is 0 Å². The van der Waals surface area contributed by atoms with Crippen molar-refractivity contribution in [1.82, 2.24) is 0 Å². The van der Waals surface area contributed by atoms with Gasteiger partial charge in [-0.25, -0.2) is 0 Å². The van der Waals surface area contributed by atoms with Crippen molar-refractivity contribution >= 4 is 61.7 Å². The lowest BCUT2D eigenvalue weighted by Gasteiger charge is -2.18. The lowest BCUT2D eigenvalue weighted by atomic mass is 9.99. The lowest BCUT2D eigenvalue weighted by Crippen LogP contribution is -2.17. The Labute approximate surface area is 142 Å². The van der Waals surface area contributed by atoms with Gasteiger partial charge in [-0.15, -0.1) is 0 Å². The molecule has 0 aliphatic carbocycles. The van der Waals surface area contributed by atoms with E-state index in [9.17, 15) is 0 Å². The first kappa shape index (κ1) is 16.5. The van der Waals surface area contributed by atoms with Crippen molar-refractivity contribution in [1.29, 1.82) is 0 Å². The van der Waals surface area contributed by atoms with Crippen molar-refractivity contribution in [2.24, 2.45) is 10.9 Å². The molecule has 0 aromatic heterocycles. The van der Waals surface area contributed by atoms with Crippen LogP contribution in [0, 0.1) is 5.92 Å². The van der Waals surface area contributed by atoms with Crippen molar-refractivity contribution < 1.29 is 0 Å². The molecule has 1 aliphatic heterocycles. The van der Waals surface area contributed by atoms with Crippen LogP contribution in [-0.4, -0.2) is 17.0 Å². The predicted molar refractivity (Wildman–Crippen MR) is 95.5 cm³/mol. The Morgan fingerprint density at radius 1 is 1.35 bits per heavy atom. The molecule has 110 valence electrons. The molecule has 1 aromatic rings. The molecule has 1 N–H and O–H groups in total. The molecular formula is C14H17BrCl2N2S. The molecule has 6 heteroatoms. The van der Waals surface area contributed by atoms with E-state index in [0.29, 0.717) is 21.2 Å². The first-order valence-corrected chi connectivity index (χ1v) is 9.11. The monoisotopic (exact) mass is 394 g/mol. The number of thioether (sulfide) groups is 1. The van der Waals surface area contributed by atoms with Crippen LogP contribution in [-0.2, 0) is 0 Å². The molecule has 0 fully saturated rings. The summed E-state index contributed by atoms with van der Waals surface area (Å²) in [5.41, 5.74) is 0.802. The highest BCUT2D eigenvalue weighted by molar-refractivity contribution is 9.10. The summed E-state index contributed by atoms with van der Waals surface area (Å²) in [6, 6.07) is 3.79. The first-order valence-electron chi connectivity index (χ1n) is 6.68. The van der Waals surface area contributed by atoms with E-state index in [0.717, 1.165) is 21.9 Å². The standard InChI is InChI=1S/C14H17BrCl2N2S/c1-3-8(4-2)11-7-18-14(20-11)19-10-6-5-9(15)12(16)13(10)17/h5-6,8,11H,3-4,7H2,1-2H3,(H,18,19). The summed E-state index contributed by atoms with van der Waals surface area (Å²) in [6.45, 7) is 5.36. The molecule has 1 heterocycles. The fourth-order valence-corrected chi connectivity index (χ4v) is 4.41. The van der Waals surface area contributed by atoms with E-state index in [4.69, 9.17) is 23.2 Å². The first-order chi connectivity index (χ1) is 9.56. The highest BCUT2D eigenvalue weighted by Crippen LogP contribution is 2.37. The number of nitrogens with zero attached hydrogens (tertiary/aromatic N) is 1. The summed E-state index contributed by atoms with van der Waals surface area (Å²) < 4.78 is 0.797. The molecule has 0 saturated carbocycles. The largest absolute Gasteiger partial charge is 0.334 e. The van der Waals surface area contributed by atoms with Gasteiger partial charge in [0.05, 0.1) is 22.3 Å². The fraction of sp³-hybridized carbons (Fsp3) is 0.500. The maximum atomic E-state index is 6.24. The van der Waals surface area contributed by atoms with E-state index in [1.165, 1.54) is 12.8 Å². The van der Waals surface area contributed by atoms with Crippen LogP contribution in [0.5, 0.6) is 0 Å². The average molecular weight is 396 g/mol. The molecule has 20 heavy (non-hydrogen) atoms. The topological polar surface area (TPSA) is 24.4 Å². The minimum Gasteiger partial charge on any atom is -0.334 e. The Hall–Kier alpha value is 0.1000. The summed E-state index contributed by atoms with van der Waals surface area (Å²) >= 11 is 17.5. The molecule has 1 aliphatic rings. The van der Waals surface area contributed by atoms with Crippen LogP contribution in [0.2, 0.25) is 10.0 Å². The molecule has 0 spiro atoms. The maximum Gasteiger partial charge on any atom is 0.161 e. The van der Waals surface area contributed by atoms with Crippen LogP contribution in [0.4, 0.5) is 5.69 Å². The zero-order valence-corrected chi connectivity index (χ0v) is 15.3. The molecular weight excluding hydrogens is 379 g/mol. The Morgan fingerprint density at radius 2 is 2.05 bits per heavy atom. The fourth-order valence-electron chi connectivity index (χ4n) is 2.26. The number of hydrogen-bond donors (Lipinski definition) is 1. The summed E-state index contributed by atoms with van der Waals surface area (Å²) in [5.74, 6) is 0.715. The smallest absolute Gasteiger partial charge is 0.161 e. The Morgan fingerprint density at radius 3 is 2.70 bits per heavy atom. The van der Waals surface area contributed by atoms with Crippen LogP contribution < -0.4 is 5.32 Å². The van der Waals surface area contributed by atoms with Gasteiger partial charge >= 0.3 is 0 Å². The zero-order valence-electron chi connectivity index (χ0n) is 11.4. The molecule has 1 atom stereocenters. The molecule has 0 bridgehead atoms. The van der Waals surface area contributed by atoms with Crippen LogP contribution >= 0.6 is 50.9 Å². The van der Waals surface area contributed by atoms with Gasteiger partial charge in [0, 0.05) is 9.72 Å². The lowest BCUT2D eigenvalue weighted by molar-refractivity contribution is 0.479. The molecule has 0 amide bonds. The van der Waals surface area contributed by atoms with Gasteiger partial charge in [0.25, 0.3) is 0 Å². The minimum absolute atomic E-state index is 0.523.